The van der Waals surface area contributed by atoms with Gasteiger partial charge in [-0.1, -0.05) is 18.2 Å². The number of rotatable bonds is 9. The average Bonchev–Trinajstić information content (AvgIpc) is 2.60. The van der Waals surface area contributed by atoms with Gasteiger partial charge in [0, 0.05) is 12.1 Å². The lowest BCUT2D eigenvalue weighted by molar-refractivity contribution is -0.871. The zero-order valence-electron chi connectivity index (χ0n) is 14.9. The van der Waals surface area contributed by atoms with E-state index >= 15 is 0 Å². The fourth-order valence-electron chi connectivity index (χ4n) is 2.39. The highest BCUT2D eigenvalue weighted by Crippen LogP contribution is 2.23. The van der Waals surface area contributed by atoms with Crippen molar-refractivity contribution < 1.29 is 32.3 Å². The summed E-state index contributed by atoms with van der Waals surface area (Å²) in [7, 11) is 1.89. The largest absolute Gasteiger partial charge is 0.573 e. The zero-order valence-corrected chi connectivity index (χ0v) is 14.9. The second-order valence-electron chi connectivity index (χ2n) is 6.02. The van der Waals surface area contributed by atoms with Gasteiger partial charge in [0.1, 0.15) is 11.5 Å². The van der Waals surface area contributed by atoms with E-state index in [1.165, 1.54) is 12.1 Å². The normalized spacial score (nSPS) is 12.3. The molecule has 0 aliphatic rings. The molecule has 0 aliphatic heterocycles. The number of halogens is 3. The predicted molar refractivity (Wildman–Crippen MR) is 94.9 cm³/mol. The highest BCUT2D eigenvalue weighted by molar-refractivity contribution is 5.91. The van der Waals surface area contributed by atoms with Gasteiger partial charge in [0.15, 0.2) is 6.54 Å². The number of benzene rings is 2. The van der Waals surface area contributed by atoms with Crippen LogP contribution in [0.1, 0.15) is 6.42 Å². The number of amides is 1. The molecule has 1 unspecified atom stereocenters. The summed E-state index contributed by atoms with van der Waals surface area (Å²) in [6, 6.07) is 14.5. The number of hydrogen-bond acceptors (Lipinski definition) is 3. The Balaban J connectivity index is 1.67. The van der Waals surface area contributed by atoms with Crippen LogP contribution in [0.2, 0.25) is 0 Å². The Kier molecular flexibility index (Phi) is 7.48. The molecule has 0 fully saturated rings. The number of quaternary nitrogens is 1. The fourth-order valence-corrected chi connectivity index (χ4v) is 2.39. The van der Waals surface area contributed by atoms with E-state index in [2.05, 4.69) is 10.1 Å². The molecule has 2 aromatic rings. The van der Waals surface area contributed by atoms with E-state index < -0.39 is 6.36 Å². The lowest BCUT2D eigenvalue weighted by Crippen LogP contribution is -3.10. The van der Waals surface area contributed by atoms with Crippen molar-refractivity contribution in [3.63, 3.8) is 0 Å². The molecule has 0 heterocycles. The molecule has 0 saturated heterocycles. The molecule has 2 aromatic carbocycles. The summed E-state index contributed by atoms with van der Waals surface area (Å²) in [5.41, 5.74) is 0.412. The van der Waals surface area contributed by atoms with Crippen LogP contribution in [0.5, 0.6) is 11.5 Å². The van der Waals surface area contributed by atoms with Gasteiger partial charge in [-0.15, -0.1) is 13.2 Å². The molecule has 0 bridgehead atoms. The number of carbonyl (C=O) groups is 1. The van der Waals surface area contributed by atoms with Gasteiger partial charge in [0.25, 0.3) is 5.91 Å². The summed E-state index contributed by atoms with van der Waals surface area (Å²) in [6.07, 6.45) is -3.95. The van der Waals surface area contributed by atoms with Crippen molar-refractivity contribution in [1.82, 2.24) is 0 Å². The molecule has 1 atom stereocenters. The summed E-state index contributed by atoms with van der Waals surface area (Å²) in [4.78, 5) is 13.0. The maximum atomic E-state index is 12.1. The topological polar surface area (TPSA) is 52.0 Å². The molecule has 0 aliphatic carbocycles. The lowest BCUT2D eigenvalue weighted by Gasteiger charge is -2.14. The minimum atomic E-state index is -4.74. The maximum absolute atomic E-state index is 12.1. The molecule has 0 radical (unpaired) electrons. The minimum absolute atomic E-state index is 0.221. The molecule has 0 aromatic heterocycles. The SMILES string of the molecule is C[NH+](CCCOc1ccccc1)CC(=O)Nc1ccc(OC(F)(F)F)cc1. The summed E-state index contributed by atoms with van der Waals surface area (Å²) in [5.74, 6) is 0.258. The summed E-state index contributed by atoms with van der Waals surface area (Å²) >= 11 is 0. The van der Waals surface area contributed by atoms with Crippen molar-refractivity contribution >= 4 is 11.6 Å². The van der Waals surface area contributed by atoms with E-state index in [0.29, 0.717) is 12.3 Å². The van der Waals surface area contributed by atoms with E-state index in [1.807, 2.05) is 37.4 Å². The first-order chi connectivity index (χ1) is 12.8. The second-order valence-corrected chi connectivity index (χ2v) is 6.02. The van der Waals surface area contributed by atoms with Crippen molar-refractivity contribution in [2.75, 3.05) is 32.1 Å². The van der Waals surface area contributed by atoms with Gasteiger partial charge in [-0.25, -0.2) is 0 Å². The first-order valence-electron chi connectivity index (χ1n) is 8.46. The van der Waals surface area contributed by atoms with Crippen LogP contribution in [0, 0.1) is 0 Å². The van der Waals surface area contributed by atoms with E-state index in [-0.39, 0.29) is 18.2 Å². The minimum Gasteiger partial charge on any atom is -0.493 e. The Morgan fingerprint density at radius 1 is 1.04 bits per heavy atom. The van der Waals surface area contributed by atoms with Gasteiger partial charge in [-0.05, 0) is 36.4 Å². The first-order valence-corrected chi connectivity index (χ1v) is 8.46. The van der Waals surface area contributed by atoms with Crippen LogP contribution in [0.15, 0.2) is 54.6 Å². The van der Waals surface area contributed by atoms with Gasteiger partial charge in [-0.2, -0.15) is 0 Å². The monoisotopic (exact) mass is 383 g/mol. The third kappa shape index (κ3) is 8.46. The number of anilines is 1. The van der Waals surface area contributed by atoms with Crippen molar-refractivity contribution in [3.8, 4) is 11.5 Å². The van der Waals surface area contributed by atoms with Gasteiger partial charge in [0.05, 0.1) is 20.2 Å². The first kappa shape index (κ1) is 20.6. The van der Waals surface area contributed by atoms with Crippen molar-refractivity contribution in [2.24, 2.45) is 0 Å². The van der Waals surface area contributed by atoms with E-state index in [9.17, 15) is 18.0 Å². The van der Waals surface area contributed by atoms with Crippen LogP contribution in [0.25, 0.3) is 0 Å². The van der Waals surface area contributed by atoms with Gasteiger partial charge in [0.2, 0.25) is 0 Å². The number of likely N-dealkylation sites (N-methyl/N-ethyl adjacent to an activating group) is 1. The molecular formula is C19H22F3N2O3+. The van der Waals surface area contributed by atoms with E-state index in [1.54, 1.807) is 0 Å². The Morgan fingerprint density at radius 3 is 2.33 bits per heavy atom. The number of alkyl halides is 3. The number of carbonyl (C=O) groups excluding carboxylic acids is 1. The molecule has 146 valence electrons. The summed E-state index contributed by atoms with van der Waals surface area (Å²) in [5, 5.41) is 2.65. The third-order valence-corrected chi connectivity index (χ3v) is 3.59. The van der Waals surface area contributed by atoms with Gasteiger partial charge >= 0.3 is 6.36 Å². The Bertz CT molecular complexity index is 706. The van der Waals surface area contributed by atoms with Crippen LogP contribution < -0.4 is 19.7 Å². The van der Waals surface area contributed by atoms with Crippen LogP contribution >= 0.6 is 0 Å². The second kappa shape index (κ2) is 9.82. The van der Waals surface area contributed by atoms with E-state index in [4.69, 9.17) is 4.74 Å². The Labute approximate surface area is 155 Å². The number of para-hydroxylation sites is 1. The van der Waals surface area contributed by atoms with Crippen molar-refractivity contribution in [1.29, 1.82) is 0 Å². The maximum Gasteiger partial charge on any atom is 0.573 e. The number of nitrogens with one attached hydrogen (secondary N) is 2. The van der Waals surface area contributed by atoms with Crippen molar-refractivity contribution in [3.05, 3.63) is 54.6 Å². The molecule has 0 saturated carbocycles. The molecule has 2 rings (SSSR count). The number of hydrogen-bond donors (Lipinski definition) is 2. The molecular weight excluding hydrogens is 361 g/mol. The quantitative estimate of drug-likeness (QED) is 0.655. The highest BCUT2D eigenvalue weighted by Gasteiger charge is 2.30. The van der Waals surface area contributed by atoms with Crippen LogP contribution in [-0.4, -0.2) is 39.0 Å². The van der Waals surface area contributed by atoms with Gasteiger partial charge < -0.3 is 19.7 Å². The Morgan fingerprint density at radius 2 is 1.70 bits per heavy atom. The lowest BCUT2D eigenvalue weighted by atomic mass is 10.3. The Hall–Kier alpha value is -2.74. The van der Waals surface area contributed by atoms with Crippen LogP contribution in [-0.2, 0) is 4.79 Å². The van der Waals surface area contributed by atoms with Gasteiger partial charge in [-0.3, -0.25) is 4.79 Å². The fraction of sp³-hybridized carbons (Fsp3) is 0.316. The molecule has 2 N–H and O–H groups in total. The summed E-state index contributed by atoms with van der Waals surface area (Å²) < 4.78 is 45.7. The van der Waals surface area contributed by atoms with Crippen molar-refractivity contribution in [2.45, 2.75) is 12.8 Å². The van der Waals surface area contributed by atoms with E-state index in [0.717, 1.165) is 35.7 Å². The molecule has 0 spiro atoms. The standard InChI is InChI=1S/C19H21F3N2O3/c1-24(12-5-13-26-16-6-3-2-4-7-16)14-18(25)23-15-8-10-17(11-9-15)27-19(20,21)22/h2-4,6-11H,5,12-14H2,1H3,(H,23,25)/p+1. The van der Waals surface area contributed by atoms with Crippen LogP contribution in [0.4, 0.5) is 18.9 Å². The molecule has 1 amide bonds. The predicted octanol–water partition coefficient (Wildman–Crippen LogP) is 2.51. The average molecular weight is 383 g/mol. The third-order valence-electron chi connectivity index (χ3n) is 3.59. The molecule has 27 heavy (non-hydrogen) atoms. The highest BCUT2D eigenvalue weighted by atomic mass is 19.4. The summed E-state index contributed by atoms with van der Waals surface area (Å²) in [6.45, 7) is 1.55. The smallest absolute Gasteiger partial charge is 0.493 e. The molecule has 5 nitrogen and oxygen atoms in total. The zero-order chi connectivity index (χ0) is 19.7. The molecule has 8 heteroatoms. The van der Waals surface area contributed by atoms with Crippen LogP contribution in [0.3, 0.4) is 0 Å². The number of ether oxygens (including phenoxy) is 2.